The Morgan fingerprint density at radius 1 is 1.25 bits per heavy atom. The monoisotopic (exact) mass is 508 g/mol. The summed E-state index contributed by atoms with van der Waals surface area (Å²) in [6, 6.07) is 9.36. The number of aromatic nitrogens is 1. The summed E-state index contributed by atoms with van der Waals surface area (Å²) in [5.41, 5.74) is 1.18. The number of thiazole rings is 1. The summed E-state index contributed by atoms with van der Waals surface area (Å²) in [7, 11) is 1.22. The zero-order chi connectivity index (χ0) is 25.7. The van der Waals surface area contributed by atoms with Crippen LogP contribution < -0.4 is 9.64 Å². The highest BCUT2D eigenvalue weighted by atomic mass is 32.1. The minimum atomic E-state index is -1.30. The van der Waals surface area contributed by atoms with Crippen molar-refractivity contribution in [2.24, 2.45) is 0 Å². The van der Waals surface area contributed by atoms with Crippen molar-refractivity contribution >= 4 is 39.9 Å². The number of esters is 1. The number of anilines is 1. The van der Waals surface area contributed by atoms with Crippen LogP contribution in [-0.2, 0) is 20.7 Å². The first-order valence-corrected chi connectivity index (χ1v) is 11.9. The molecule has 0 aliphatic carbocycles. The molecule has 5 rings (SSSR count). The van der Waals surface area contributed by atoms with E-state index in [1.54, 1.807) is 31.2 Å². The molecule has 36 heavy (non-hydrogen) atoms. The van der Waals surface area contributed by atoms with E-state index in [-0.39, 0.29) is 27.2 Å². The lowest BCUT2D eigenvalue weighted by Crippen LogP contribution is -2.29. The molecule has 1 amide bonds. The van der Waals surface area contributed by atoms with E-state index in [1.807, 2.05) is 6.92 Å². The highest BCUT2D eigenvalue weighted by Gasteiger charge is 2.49. The molecule has 0 bridgehead atoms. The van der Waals surface area contributed by atoms with Gasteiger partial charge >= 0.3 is 11.9 Å². The smallest absolute Gasteiger partial charge is 0.350 e. The molecule has 2 aliphatic heterocycles. The van der Waals surface area contributed by atoms with Crippen LogP contribution in [0.3, 0.4) is 0 Å². The third-order valence-corrected chi connectivity index (χ3v) is 7.31. The number of hydrogen-bond acceptors (Lipinski definition) is 8. The number of methoxy groups -OCH3 is 1. The quantitative estimate of drug-likeness (QED) is 0.242. The van der Waals surface area contributed by atoms with E-state index in [9.17, 15) is 19.5 Å². The Morgan fingerprint density at radius 2 is 2.00 bits per heavy atom. The second-order valence-corrected chi connectivity index (χ2v) is 9.53. The standard InChI is InChI=1S/C26H21FN2O6S/c1-12-10-15-11-14(8-9-18(15)35-12)21(30)19-20(16-6-4-5-7-17(16)27)29(24(32)22(19)31)26-28-13(2)23(36-26)25(33)34-3/h4-9,11-12,20,30H,10H2,1-3H3/b21-19+/t12-,20+/m1/s1. The molecule has 0 saturated carbocycles. The Labute approximate surface area is 209 Å². The molecule has 0 unspecified atom stereocenters. The van der Waals surface area contributed by atoms with Crippen LogP contribution >= 0.6 is 11.3 Å². The molecule has 3 heterocycles. The fourth-order valence-corrected chi connectivity index (χ4v) is 5.52. The highest BCUT2D eigenvalue weighted by molar-refractivity contribution is 7.17. The second-order valence-electron chi connectivity index (χ2n) is 8.55. The van der Waals surface area contributed by atoms with Crippen LogP contribution in [0.25, 0.3) is 5.76 Å². The Bertz CT molecular complexity index is 1460. The van der Waals surface area contributed by atoms with Crippen molar-refractivity contribution in [1.29, 1.82) is 0 Å². The Hall–Kier alpha value is -4.05. The number of nitrogens with zero attached hydrogens (tertiary/aromatic N) is 2. The van der Waals surface area contributed by atoms with E-state index >= 15 is 4.39 Å². The van der Waals surface area contributed by atoms with E-state index in [0.717, 1.165) is 21.8 Å². The predicted octanol–water partition coefficient (Wildman–Crippen LogP) is 4.33. The molecule has 3 aromatic rings. The molecule has 0 spiro atoms. The van der Waals surface area contributed by atoms with E-state index in [2.05, 4.69) is 4.98 Å². The average Bonchev–Trinajstić information content (AvgIpc) is 3.50. The first-order valence-electron chi connectivity index (χ1n) is 11.1. The van der Waals surface area contributed by atoms with Gasteiger partial charge in [-0.1, -0.05) is 29.5 Å². The van der Waals surface area contributed by atoms with Crippen LogP contribution in [0, 0.1) is 12.7 Å². The van der Waals surface area contributed by atoms with E-state index in [4.69, 9.17) is 9.47 Å². The maximum atomic E-state index is 15.1. The minimum Gasteiger partial charge on any atom is -0.507 e. The summed E-state index contributed by atoms with van der Waals surface area (Å²) in [5, 5.41) is 11.3. The lowest BCUT2D eigenvalue weighted by atomic mass is 9.94. The second kappa shape index (κ2) is 8.87. The molecular weight excluding hydrogens is 487 g/mol. The number of carbonyl (C=O) groups excluding carboxylic acids is 3. The van der Waals surface area contributed by atoms with Crippen molar-refractivity contribution in [3.05, 3.63) is 81.1 Å². The third kappa shape index (κ3) is 3.74. The fraction of sp³-hybridized carbons (Fsp3) is 0.231. The minimum absolute atomic E-state index is 0.00355. The molecular formula is C26H21FN2O6S. The van der Waals surface area contributed by atoms with Crippen LogP contribution in [0.15, 0.2) is 48.0 Å². The first-order chi connectivity index (χ1) is 17.2. The van der Waals surface area contributed by atoms with Crippen molar-refractivity contribution in [2.45, 2.75) is 32.4 Å². The van der Waals surface area contributed by atoms with Crippen molar-refractivity contribution in [3.63, 3.8) is 0 Å². The normalized spacial score (nSPS) is 20.4. The number of rotatable bonds is 4. The summed E-state index contributed by atoms with van der Waals surface area (Å²) in [6.07, 6.45) is 0.592. The van der Waals surface area contributed by atoms with Gasteiger partial charge in [-0.15, -0.1) is 0 Å². The predicted molar refractivity (Wildman–Crippen MR) is 130 cm³/mol. The number of amides is 1. The number of hydrogen-bond donors (Lipinski definition) is 1. The van der Waals surface area contributed by atoms with Gasteiger partial charge in [-0.05, 0) is 43.7 Å². The molecule has 184 valence electrons. The van der Waals surface area contributed by atoms with Gasteiger partial charge < -0.3 is 14.6 Å². The molecule has 8 nitrogen and oxygen atoms in total. The molecule has 2 aromatic carbocycles. The molecule has 1 saturated heterocycles. The van der Waals surface area contributed by atoms with Gasteiger partial charge in [0, 0.05) is 17.5 Å². The van der Waals surface area contributed by atoms with E-state index < -0.39 is 35.3 Å². The number of ether oxygens (including phenoxy) is 2. The Balaban J connectivity index is 1.70. The molecule has 2 atom stereocenters. The maximum absolute atomic E-state index is 15.1. The Morgan fingerprint density at radius 3 is 2.72 bits per heavy atom. The third-order valence-electron chi connectivity index (χ3n) is 6.18. The number of aryl methyl sites for hydroxylation is 1. The zero-order valence-corrected chi connectivity index (χ0v) is 20.4. The van der Waals surface area contributed by atoms with Crippen molar-refractivity contribution in [1.82, 2.24) is 4.98 Å². The van der Waals surface area contributed by atoms with E-state index in [0.29, 0.717) is 23.4 Å². The number of ketones is 1. The topological polar surface area (TPSA) is 106 Å². The SMILES string of the molecule is COC(=O)c1sc(N2C(=O)C(=O)/C(=C(/O)c3ccc4c(c3)C[C@@H](C)O4)[C@@H]2c2ccccc2F)nc1C. The molecule has 1 N–H and O–H groups in total. The van der Waals surface area contributed by atoms with Crippen molar-refractivity contribution in [3.8, 4) is 5.75 Å². The van der Waals surface area contributed by atoms with Crippen molar-refractivity contribution in [2.75, 3.05) is 12.0 Å². The Kier molecular flexibility index (Phi) is 5.83. The van der Waals surface area contributed by atoms with Gasteiger partial charge in [0.1, 0.15) is 34.3 Å². The van der Waals surface area contributed by atoms with Gasteiger partial charge in [-0.25, -0.2) is 14.2 Å². The van der Waals surface area contributed by atoms with Crippen LogP contribution in [0.1, 0.15) is 45.0 Å². The summed E-state index contributed by atoms with van der Waals surface area (Å²) in [6.45, 7) is 3.48. The number of halogens is 1. The summed E-state index contributed by atoms with van der Waals surface area (Å²) >= 11 is 0.850. The van der Waals surface area contributed by atoms with Gasteiger partial charge in [0.15, 0.2) is 5.13 Å². The van der Waals surface area contributed by atoms with Gasteiger partial charge in [0.2, 0.25) is 0 Å². The average molecular weight is 509 g/mol. The summed E-state index contributed by atoms with van der Waals surface area (Å²) in [5.74, 6) is -3.05. The summed E-state index contributed by atoms with van der Waals surface area (Å²) < 4.78 is 25.5. The van der Waals surface area contributed by atoms with Crippen LogP contribution in [-0.4, -0.2) is 41.0 Å². The number of benzene rings is 2. The number of Topliss-reactive ketones (excluding diaryl/α,β-unsaturated/α-hetero) is 1. The zero-order valence-electron chi connectivity index (χ0n) is 19.6. The fourth-order valence-electron chi connectivity index (χ4n) is 4.51. The number of carbonyl (C=O) groups is 3. The molecule has 2 aliphatic rings. The van der Waals surface area contributed by atoms with Crippen LogP contribution in [0.2, 0.25) is 0 Å². The molecule has 1 aromatic heterocycles. The number of fused-ring (bicyclic) bond motifs is 1. The maximum Gasteiger partial charge on any atom is 0.350 e. The van der Waals surface area contributed by atoms with Crippen LogP contribution in [0.4, 0.5) is 9.52 Å². The lowest BCUT2D eigenvalue weighted by molar-refractivity contribution is -0.132. The van der Waals surface area contributed by atoms with Gasteiger partial charge in [-0.3, -0.25) is 14.5 Å². The molecule has 10 heteroatoms. The first kappa shape index (κ1) is 23.7. The molecule has 0 radical (unpaired) electrons. The largest absolute Gasteiger partial charge is 0.507 e. The highest BCUT2D eigenvalue weighted by Crippen LogP contribution is 2.45. The van der Waals surface area contributed by atoms with Crippen molar-refractivity contribution < 1.29 is 33.4 Å². The summed E-state index contributed by atoms with van der Waals surface area (Å²) in [4.78, 5) is 44.2. The van der Waals surface area contributed by atoms with Crippen LogP contribution in [0.5, 0.6) is 5.75 Å². The van der Waals surface area contributed by atoms with Gasteiger partial charge in [0.25, 0.3) is 5.78 Å². The number of aliphatic hydroxyl groups is 1. The number of aliphatic hydroxyl groups excluding tert-OH is 1. The lowest BCUT2D eigenvalue weighted by Gasteiger charge is -2.23. The molecule has 1 fully saturated rings. The van der Waals surface area contributed by atoms with Gasteiger partial charge in [-0.2, -0.15) is 0 Å². The van der Waals surface area contributed by atoms with E-state index in [1.165, 1.54) is 25.3 Å². The van der Waals surface area contributed by atoms with Gasteiger partial charge in [0.05, 0.1) is 18.4 Å².